The zero-order valence-corrected chi connectivity index (χ0v) is 15.4. The molecule has 0 aliphatic carbocycles. The maximum absolute atomic E-state index is 12.9. The number of aryl methyl sites for hydroxylation is 1. The molecule has 2 aromatic rings. The largest absolute Gasteiger partial charge is 0.485 e. The fourth-order valence-corrected chi connectivity index (χ4v) is 3.25. The maximum Gasteiger partial charge on any atom is 0.257 e. The predicted molar refractivity (Wildman–Crippen MR) is 97.0 cm³/mol. The van der Waals surface area contributed by atoms with Crippen molar-refractivity contribution in [2.75, 3.05) is 26.7 Å². The lowest BCUT2D eigenvalue weighted by Crippen LogP contribution is -2.39. The molecule has 0 unspecified atom stereocenters. The molecule has 0 saturated carbocycles. The number of ether oxygens (including phenoxy) is 1. The molecule has 1 aromatic heterocycles. The van der Waals surface area contributed by atoms with Crippen LogP contribution in [-0.4, -0.2) is 47.6 Å². The van der Waals surface area contributed by atoms with Gasteiger partial charge in [0.05, 0.1) is 5.56 Å². The van der Waals surface area contributed by atoms with Crippen molar-refractivity contribution < 1.29 is 14.1 Å². The van der Waals surface area contributed by atoms with Crippen LogP contribution < -0.4 is 10.1 Å². The molecule has 0 atom stereocenters. The van der Waals surface area contributed by atoms with Crippen LogP contribution in [0.15, 0.2) is 28.8 Å². The van der Waals surface area contributed by atoms with Crippen LogP contribution in [0, 0.1) is 12.8 Å². The molecule has 26 heavy (non-hydrogen) atoms. The van der Waals surface area contributed by atoms with Gasteiger partial charge < -0.3 is 19.5 Å². The summed E-state index contributed by atoms with van der Waals surface area (Å²) < 4.78 is 10.7. The number of nitrogens with one attached hydrogen (secondary N) is 1. The Morgan fingerprint density at radius 2 is 2.12 bits per heavy atom. The van der Waals surface area contributed by atoms with Crippen molar-refractivity contribution in [3.8, 4) is 5.75 Å². The molecule has 1 saturated heterocycles. The molecule has 1 aromatic carbocycles. The Morgan fingerprint density at radius 3 is 2.81 bits per heavy atom. The third-order valence-electron chi connectivity index (χ3n) is 4.75. The number of carbonyl (C=O) groups is 1. The number of carbonyl (C=O) groups excluding carboxylic acids is 1. The second-order valence-corrected chi connectivity index (χ2v) is 6.64. The first-order valence-corrected chi connectivity index (χ1v) is 9.12. The van der Waals surface area contributed by atoms with E-state index in [1.165, 1.54) is 6.42 Å². The highest BCUT2D eigenvalue weighted by Crippen LogP contribution is 2.25. The first kappa shape index (κ1) is 18.4. The van der Waals surface area contributed by atoms with Crippen molar-refractivity contribution in [3.05, 3.63) is 41.5 Å². The number of likely N-dealkylation sites (tertiary alicyclic amines) is 1. The average Bonchev–Trinajstić information content (AvgIpc) is 3.10. The Kier molecular flexibility index (Phi) is 6.22. The van der Waals surface area contributed by atoms with E-state index in [1.807, 2.05) is 30.1 Å². The van der Waals surface area contributed by atoms with Gasteiger partial charge in [0.25, 0.3) is 5.91 Å². The summed E-state index contributed by atoms with van der Waals surface area (Å²) in [5.41, 5.74) is 0.585. The van der Waals surface area contributed by atoms with Crippen LogP contribution in [0.2, 0.25) is 0 Å². The average molecular weight is 358 g/mol. The quantitative estimate of drug-likeness (QED) is 0.819. The number of rotatable bonds is 7. The van der Waals surface area contributed by atoms with Crippen LogP contribution in [-0.2, 0) is 6.61 Å². The molecular formula is C19H26N4O3. The number of hydrogen-bond donors (Lipinski definition) is 1. The lowest BCUT2D eigenvalue weighted by molar-refractivity contribution is 0.0682. The zero-order valence-electron chi connectivity index (χ0n) is 15.4. The van der Waals surface area contributed by atoms with E-state index in [2.05, 4.69) is 15.5 Å². The van der Waals surface area contributed by atoms with E-state index < -0.39 is 0 Å². The molecule has 7 nitrogen and oxygen atoms in total. The third-order valence-corrected chi connectivity index (χ3v) is 4.75. The highest BCUT2D eigenvalue weighted by Gasteiger charge is 2.25. The van der Waals surface area contributed by atoms with Gasteiger partial charge in [0, 0.05) is 20.0 Å². The van der Waals surface area contributed by atoms with Gasteiger partial charge in [-0.2, -0.15) is 4.98 Å². The zero-order chi connectivity index (χ0) is 18.4. The van der Waals surface area contributed by atoms with Crippen molar-refractivity contribution >= 4 is 5.91 Å². The van der Waals surface area contributed by atoms with Gasteiger partial charge in [-0.05, 0) is 50.9 Å². The van der Waals surface area contributed by atoms with Crippen LogP contribution in [0.1, 0.15) is 41.3 Å². The summed E-state index contributed by atoms with van der Waals surface area (Å²) in [6.07, 6.45) is 3.28. The molecule has 0 bridgehead atoms. The number of para-hydroxylation sites is 1. The van der Waals surface area contributed by atoms with Gasteiger partial charge in [0.15, 0.2) is 6.61 Å². The molecule has 2 heterocycles. The van der Waals surface area contributed by atoms with E-state index in [-0.39, 0.29) is 12.5 Å². The monoisotopic (exact) mass is 358 g/mol. The highest BCUT2D eigenvalue weighted by atomic mass is 16.5. The number of piperidine rings is 1. The van der Waals surface area contributed by atoms with Gasteiger partial charge in [-0.1, -0.05) is 17.3 Å². The molecule has 1 aliphatic rings. The van der Waals surface area contributed by atoms with E-state index in [9.17, 15) is 4.79 Å². The fraction of sp³-hybridized carbons (Fsp3) is 0.526. The van der Waals surface area contributed by atoms with Gasteiger partial charge in [0.1, 0.15) is 5.75 Å². The Balaban J connectivity index is 1.61. The molecular weight excluding hydrogens is 332 g/mol. The minimum Gasteiger partial charge on any atom is -0.485 e. The summed E-state index contributed by atoms with van der Waals surface area (Å²) in [7, 11) is 1.98. The van der Waals surface area contributed by atoms with Crippen LogP contribution in [0.4, 0.5) is 0 Å². The predicted octanol–water partition coefficient (Wildman–Crippen LogP) is 2.42. The number of aromatic nitrogens is 2. The first-order chi connectivity index (χ1) is 12.7. The molecule has 0 spiro atoms. The number of amides is 1. The van der Waals surface area contributed by atoms with E-state index in [0.717, 1.165) is 32.5 Å². The summed E-state index contributed by atoms with van der Waals surface area (Å²) in [6, 6.07) is 7.34. The molecule has 140 valence electrons. The molecule has 1 amide bonds. The number of hydrogen-bond acceptors (Lipinski definition) is 6. The number of benzene rings is 1. The molecule has 1 N–H and O–H groups in total. The van der Waals surface area contributed by atoms with E-state index in [1.54, 1.807) is 13.0 Å². The van der Waals surface area contributed by atoms with Gasteiger partial charge in [-0.3, -0.25) is 4.79 Å². The summed E-state index contributed by atoms with van der Waals surface area (Å²) in [5.74, 6) is 2.23. The summed E-state index contributed by atoms with van der Waals surface area (Å²) in [4.78, 5) is 19.0. The molecule has 1 aliphatic heterocycles. The van der Waals surface area contributed by atoms with Crippen molar-refractivity contribution in [3.63, 3.8) is 0 Å². The standard InChI is InChI=1S/C19H26N4O3/c1-14-21-18(22-26-14)13-25-17-6-4-3-5-16(17)19(24)23-11-8-15(9-12-23)7-10-20-2/h3-6,15,20H,7-13H2,1-2H3. The van der Waals surface area contributed by atoms with E-state index in [0.29, 0.717) is 28.9 Å². The minimum absolute atomic E-state index is 0.0250. The van der Waals surface area contributed by atoms with Gasteiger partial charge in [-0.25, -0.2) is 0 Å². The van der Waals surface area contributed by atoms with Crippen LogP contribution in [0.5, 0.6) is 5.75 Å². The van der Waals surface area contributed by atoms with Crippen molar-refractivity contribution in [1.29, 1.82) is 0 Å². The molecule has 3 rings (SSSR count). The third kappa shape index (κ3) is 4.60. The summed E-state index contributed by atoms with van der Waals surface area (Å²) in [6.45, 7) is 4.53. The molecule has 0 radical (unpaired) electrons. The second kappa shape index (κ2) is 8.80. The Labute approximate surface area is 153 Å². The fourth-order valence-electron chi connectivity index (χ4n) is 3.25. The Bertz CT molecular complexity index is 723. The topological polar surface area (TPSA) is 80.5 Å². The van der Waals surface area contributed by atoms with Crippen LogP contribution in [0.25, 0.3) is 0 Å². The van der Waals surface area contributed by atoms with Gasteiger partial charge >= 0.3 is 0 Å². The smallest absolute Gasteiger partial charge is 0.257 e. The lowest BCUT2D eigenvalue weighted by atomic mass is 9.93. The SMILES string of the molecule is CNCCC1CCN(C(=O)c2ccccc2OCc2noc(C)n2)CC1. The van der Waals surface area contributed by atoms with Gasteiger partial charge in [-0.15, -0.1) is 0 Å². The van der Waals surface area contributed by atoms with E-state index in [4.69, 9.17) is 9.26 Å². The maximum atomic E-state index is 12.9. The number of nitrogens with zero attached hydrogens (tertiary/aromatic N) is 3. The lowest BCUT2D eigenvalue weighted by Gasteiger charge is -2.32. The van der Waals surface area contributed by atoms with Crippen LogP contribution in [0.3, 0.4) is 0 Å². The Hall–Kier alpha value is -2.41. The van der Waals surface area contributed by atoms with Crippen LogP contribution >= 0.6 is 0 Å². The summed E-state index contributed by atoms with van der Waals surface area (Å²) >= 11 is 0. The van der Waals surface area contributed by atoms with Crippen molar-refractivity contribution in [2.45, 2.75) is 32.8 Å². The minimum atomic E-state index is 0.0250. The van der Waals surface area contributed by atoms with E-state index >= 15 is 0 Å². The molecule has 1 fully saturated rings. The summed E-state index contributed by atoms with van der Waals surface area (Å²) in [5, 5.41) is 7.01. The Morgan fingerprint density at radius 1 is 1.35 bits per heavy atom. The second-order valence-electron chi connectivity index (χ2n) is 6.64. The molecule has 7 heteroatoms. The van der Waals surface area contributed by atoms with Gasteiger partial charge in [0.2, 0.25) is 11.7 Å². The normalized spacial score (nSPS) is 15.2. The van der Waals surface area contributed by atoms with Crippen molar-refractivity contribution in [1.82, 2.24) is 20.4 Å². The first-order valence-electron chi connectivity index (χ1n) is 9.12. The van der Waals surface area contributed by atoms with Crippen molar-refractivity contribution in [2.24, 2.45) is 5.92 Å². The highest BCUT2D eigenvalue weighted by molar-refractivity contribution is 5.97.